The summed E-state index contributed by atoms with van der Waals surface area (Å²) in [6.07, 6.45) is 9.67. The summed E-state index contributed by atoms with van der Waals surface area (Å²) in [6.45, 7) is 14.8. The highest BCUT2D eigenvalue weighted by atomic mass is 15.1. The van der Waals surface area contributed by atoms with Gasteiger partial charge in [0, 0.05) is 12.6 Å². The van der Waals surface area contributed by atoms with E-state index in [-0.39, 0.29) is 0 Å². The number of hydrogen-bond donors (Lipinski definition) is 1. The van der Waals surface area contributed by atoms with E-state index >= 15 is 0 Å². The van der Waals surface area contributed by atoms with Crippen LogP contribution in [0.2, 0.25) is 0 Å². The standard InChI is InChI=1S/C19H38N2/c1-5-11-20-18-7-10-19(3,4)14-17(18)15-21-12-8-16(6-2)9-13-21/h16-18,20H,5-15H2,1-4H3. The van der Waals surface area contributed by atoms with Crippen molar-refractivity contribution in [2.24, 2.45) is 17.3 Å². The van der Waals surface area contributed by atoms with E-state index in [4.69, 9.17) is 0 Å². The van der Waals surface area contributed by atoms with Crippen molar-refractivity contribution >= 4 is 0 Å². The molecular formula is C19H38N2. The lowest BCUT2D eigenvalue weighted by atomic mass is 9.69. The van der Waals surface area contributed by atoms with Gasteiger partial charge >= 0.3 is 0 Å². The Morgan fingerprint density at radius 3 is 2.43 bits per heavy atom. The average molecular weight is 295 g/mol. The maximum absolute atomic E-state index is 3.84. The Morgan fingerprint density at radius 1 is 1.10 bits per heavy atom. The zero-order chi connectivity index (χ0) is 15.3. The largest absolute Gasteiger partial charge is 0.314 e. The van der Waals surface area contributed by atoms with Gasteiger partial charge in [0.15, 0.2) is 0 Å². The van der Waals surface area contributed by atoms with Crippen LogP contribution < -0.4 is 5.32 Å². The summed E-state index contributed by atoms with van der Waals surface area (Å²) in [5.41, 5.74) is 0.552. The van der Waals surface area contributed by atoms with Crippen molar-refractivity contribution in [1.82, 2.24) is 10.2 Å². The number of nitrogens with zero attached hydrogens (tertiary/aromatic N) is 1. The molecule has 0 radical (unpaired) electrons. The monoisotopic (exact) mass is 294 g/mol. The molecule has 0 aromatic carbocycles. The molecule has 124 valence electrons. The molecule has 2 heteroatoms. The van der Waals surface area contributed by atoms with Gasteiger partial charge in [0.25, 0.3) is 0 Å². The number of rotatable bonds is 6. The van der Waals surface area contributed by atoms with Crippen LogP contribution in [-0.4, -0.2) is 37.1 Å². The van der Waals surface area contributed by atoms with E-state index in [1.54, 1.807) is 0 Å². The van der Waals surface area contributed by atoms with Crippen LogP contribution in [0.5, 0.6) is 0 Å². The molecule has 1 saturated carbocycles. The van der Waals surface area contributed by atoms with Crippen LogP contribution in [0.1, 0.15) is 72.6 Å². The van der Waals surface area contributed by atoms with E-state index in [0.29, 0.717) is 5.41 Å². The van der Waals surface area contributed by atoms with Gasteiger partial charge in [-0.1, -0.05) is 34.1 Å². The van der Waals surface area contributed by atoms with E-state index in [9.17, 15) is 0 Å². The molecule has 1 heterocycles. The van der Waals surface area contributed by atoms with Crippen LogP contribution in [-0.2, 0) is 0 Å². The van der Waals surface area contributed by atoms with Crippen LogP contribution in [0.15, 0.2) is 0 Å². The van der Waals surface area contributed by atoms with E-state index < -0.39 is 0 Å². The summed E-state index contributed by atoms with van der Waals surface area (Å²) in [5, 5.41) is 3.84. The number of likely N-dealkylation sites (tertiary alicyclic amines) is 1. The minimum atomic E-state index is 0.552. The third-order valence-corrected chi connectivity index (χ3v) is 5.95. The molecule has 1 aliphatic carbocycles. The van der Waals surface area contributed by atoms with Crippen LogP contribution in [0, 0.1) is 17.3 Å². The Labute approximate surface area is 133 Å². The molecule has 2 atom stereocenters. The highest BCUT2D eigenvalue weighted by Crippen LogP contribution is 2.39. The van der Waals surface area contributed by atoms with Crippen molar-refractivity contribution in [3.63, 3.8) is 0 Å². The predicted molar refractivity (Wildman–Crippen MR) is 92.7 cm³/mol. The highest BCUT2D eigenvalue weighted by molar-refractivity contribution is 4.90. The molecule has 21 heavy (non-hydrogen) atoms. The van der Waals surface area contributed by atoms with Gasteiger partial charge in [-0.15, -0.1) is 0 Å². The van der Waals surface area contributed by atoms with E-state index in [2.05, 4.69) is 37.9 Å². The van der Waals surface area contributed by atoms with Crippen molar-refractivity contribution < 1.29 is 0 Å². The van der Waals surface area contributed by atoms with Gasteiger partial charge in [-0.25, -0.2) is 0 Å². The Morgan fingerprint density at radius 2 is 1.81 bits per heavy atom. The van der Waals surface area contributed by atoms with E-state index in [1.165, 1.54) is 71.1 Å². The second-order valence-corrected chi connectivity index (χ2v) is 8.38. The second-order valence-electron chi connectivity index (χ2n) is 8.38. The molecule has 0 aromatic heterocycles. The number of piperidine rings is 1. The van der Waals surface area contributed by atoms with Crippen LogP contribution in [0.3, 0.4) is 0 Å². The molecule has 0 spiro atoms. The zero-order valence-electron chi connectivity index (χ0n) is 15.0. The van der Waals surface area contributed by atoms with Gasteiger partial charge in [-0.3, -0.25) is 0 Å². The molecular weight excluding hydrogens is 256 g/mol. The van der Waals surface area contributed by atoms with Crippen LogP contribution in [0.4, 0.5) is 0 Å². The lowest BCUT2D eigenvalue weighted by molar-refractivity contribution is 0.0828. The molecule has 2 fully saturated rings. The molecule has 2 unspecified atom stereocenters. The lowest BCUT2D eigenvalue weighted by Gasteiger charge is -2.44. The fourth-order valence-corrected chi connectivity index (χ4v) is 4.44. The topological polar surface area (TPSA) is 15.3 Å². The number of nitrogens with one attached hydrogen (secondary N) is 1. The Bertz CT molecular complexity index is 292. The van der Waals surface area contributed by atoms with Crippen LogP contribution >= 0.6 is 0 Å². The predicted octanol–water partition coefficient (Wildman–Crippen LogP) is 4.30. The first-order valence-corrected chi connectivity index (χ1v) is 9.50. The van der Waals surface area contributed by atoms with Gasteiger partial charge < -0.3 is 10.2 Å². The van der Waals surface area contributed by atoms with Crippen LogP contribution in [0.25, 0.3) is 0 Å². The van der Waals surface area contributed by atoms with E-state index in [0.717, 1.165) is 17.9 Å². The van der Waals surface area contributed by atoms with Crippen molar-refractivity contribution in [2.45, 2.75) is 78.7 Å². The second kappa shape index (κ2) is 7.97. The molecule has 1 N–H and O–H groups in total. The molecule has 1 aliphatic heterocycles. The first-order valence-electron chi connectivity index (χ1n) is 9.50. The molecule has 0 aromatic rings. The maximum Gasteiger partial charge on any atom is 0.0108 e. The summed E-state index contributed by atoms with van der Waals surface area (Å²) >= 11 is 0. The normalized spacial score (nSPS) is 31.4. The molecule has 0 bridgehead atoms. The summed E-state index contributed by atoms with van der Waals surface area (Å²) in [6, 6.07) is 0.766. The van der Waals surface area contributed by atoms with Crippen molar-refractivity contribution in [3.05, 3.63) is 0 Å². The molecule has 2 rings (SSSR count). The van der Waals surface area contributed by atoms with Crippen molar-refractivity contribution in [3.8, 4) is 0 Å². The molecule has 2 aliphatic rings. The van der Waals surface area contributed by atoms with Gasteiger partial charge in [-0.2, -0.15) is 0 Å². The SMILES string of the molecule is CCCNC1CCC(C)(C)CC1CN1CCC(CC)CC1. The fraction of sp³-hybridized carbons (Fsp3) is 1.00. The molecule has 0 amide bonds. The summed E-state index contributed by atoms with van der Waals surface area (Å²) in [5.74, 6) is 1.86. The van der Waals surface area contributed by atoms with Crippen molar-refractivity contribution in [1.29, 1.82) is 0 Å². The maximum atomic E-state index is 3.84. The first-order chi connectivity index (χ1) is 10.0. The van der Waals surface area contributed by atoms with Crippen molar-refractivity contribution in [2.75, 3.05) is 26.2 Å². The van der Waals surface area contributed by atoms with Gasteiger partial charge in [0.1, 0.15) is 0 Å². The van der Waals surface area contributed by atoms with E-state index in [1.807, 2.05) is 0 Å². The Balaban J connectivity index is 1.87. The van der Waals surface area contributed by atoms with Gasteiger partial charge in [0.2, 0.25) is 0 Å². The molecule has 2 nitrogen and oxygen atoms in total. The first kappa shape index (κ1) is 17.3. The number of hydrogen-bond acceptors (Lipinski definition) is 2. The van der Waals surface area contributed by atoms with Gasteiger partial charge in [0.05, 0.1) is 0 Å². The highest BCUT2D eigenvalue weighted by Gasteiger charge is 2.35. The lowest BCUT2D eigenvalue weighted by Crippen LogP contribution is -2.49. The summed E-state index contributed by atoms with van der Waals surface area (Å²) in [7, 11) is 0. The zero-order valence-corrected chi connectivity index (χ0v) is 15.0. The Hall–Kier alpha value is -0.0800. The summed E-state index contributed by atoms with van der Waals surface area (Å²) in [4.78, 5) is 2.76. The third kappa shape index (κ3) is 5.25. The molecule has 1 saturated heterocycles. The minimum Gasteiger partial charge on any atom is -0.314 e. The quantitative estimate of drug-likeness (QED) is 0.785. The Kier molecular flexibility index (Phi) is 6.55. The average Bonchev–Trinajstić information content (AvgIpc) is 2.47. The fourth-order valence-electron chi connectivity index (χ4n) is 4.44. The third-order valence-electron chi connectivity index (χ3n) is 5.95. The van der Waals surface area contributed by atoms with Gasteiger partial charge in [-0.05, 0) is 75.4 Å². The minimum absolute atomic E-state index is 0.552. The summed E-state index contributed by atoms with van der Waals surface area (Å²) < 4.78 is 0. The smallest absolute Gasteiger partial charge is 0.0108 e.